The van der Waals surface area contributed by atoms with E-state index in [0.717, 1.165) is 5.56 Å². The highest BCUT2D eigenvalue weighted by Gasteiger charge is 2.28. The van der Waals surface area contributed by atoms with Crippen molar-refractivity contribution in [2.75, 3.05) is 0 Å². The summed E-state index contributed by atoms with van der Waals surface area (Å²) in [4.78, 5) is 15.2. The van der Waals surface area contributed by atoms with Crippen LogP contribution in [0.4, 0.5) is 0 Å². The molecule has 0 bridgehead atoms. The number of carbonyl (C=O) groups is 1. The Morgan fingerprint density at radius 2 is 2.05 bits per heavy atom. The highest BCUT2D eigenvalue weighted by atomic mass is 32.2. The van der Waals surface area contributed by atoms with E-state index in [-0.39, 0.29) is 0 Å². The molecule has 0 fully saturated rings. The zero-order chi connectivity index (χ0) is 13.9. The summed E-state index contributed by atoms with van der Waals surface area (Å²) in [6.45, 7) is 3.34. The van der Waals surface area contributed by atoms with E-state index in [1.54, 1.807) is 20.0 Å². The quantitative estimate of drug-likeness (QED) is 0.907. The van der Waals surface area contributed by atoms with Crippen LogP contribution in [0.25, 0.3) is 11.3 Å². The Morgan fingerprint density at radius 1 is 1.37 bits per heavy atom. The van der Waals surface area contributed by atoms with E-state index in [1.807, 2.05) is 30.3 Å². The minimum Gasteiger partial charge on any atom is -0.480 e. The predicted molar refractivity (Wildman–Crippen MR) is 74.9 cm³/mol. The molecule has 0 unspecified atom stereocenters. The number of hydrogen-bond acceptors (Lipinski definition) is 4. The third kappa shape index (κ3) is 3.38. The molecule has 0 aliphatic rings. The fraction of sp³-hybridized carbons (Fsp3) is 0.286. The zero-order valence-corrected chi connectivity index (χ0v) is 11.6. The van der Waals surface area contributed by atoms with E-state index in [9.17, 15) is 4.79 Å². The fourth-order valence-corrected chi connectivity index (χ4v) is 2.16. The minimum absolute atomic E-state index is 0.437. The van der Waals surface area contributed by atoms with Crippen LogP contribution in [-0.4, -0.2) is 20.8 Å². The molecule has 19 heavy (non-hydrogen) atoms. The average molecular weight is 277 g/mol. The summed E-state index contributed by atoms with van der Waals surface area (Å²) in [5, 5.41) is 9.03. The molecule has 2 rings (SSSR count). The molecule has 0 amide bonds. The van der Waals surface area contributed by atoms with Gasteiger partial charge in [-0.3, -0.25) is 4.79 Å². The third-order valence-electron chi connectivity index (χ3n) is 2.68. The van der Waals surface area contributed by atoms with Crippen molar-refractivity contribution in [3.05, 3.63) is 42.4 Å². The Morgan fingerprint density at radius 3 is 2.68 bits per heavy atom. The van der Waals surface area contributed by atoms with Gasteiger partial charge in [-0.05, 0) is 13.8 Å². The van der Waals surface area contributed by atoms with Crippen molar-refractivity contribution in [2.45, 2.75) is 24.3 Å². The number of rotatable bonds is 5. The number of thioether (sulfide) groups is 1. The summed E-state index contributed by atoms with van der Waals surface area (Å²) >= 11 is 1.29. The molecule has 0 atom stereocenters. The first kappa shape index (κ1) is 13.7. The van der Waals surface area contributed by atoms with Gasteiger partial charge in [0.25, 0.3) is 0 Å². The number of benzene rings is 1. The standard InChI is InChI=1S/C14H15NO3S/c1-14(2,13(16)17)19-9-12-15-8-11(18-12)10-6-4-3-5-7-10/h3-8H,9H2,1-2H3,(H,16,17). The number of hydrogen-bond donors (Lipinski definition) is 1. The number of aromatic nitrogens is 1. The van der Waals surface area contributed by atoms with E-state index in [4.69, 9.17) is 9.52 Å². The minimum atomic E-state index is -0.846. The molecule has 0 spiro atoms. The molecule has 0 saturated heterocycles. The molecule has 0 radical (unpaired) electrons. The smallest absolute Gasteiger partial charge is 0.319 e. The Hall–Kier alpha value is -1.75. The zero-order valence-electron chi connectivity index (χ0n) is 10.8. The Bertz CT molecular complexity index is 563. The van der Waals surface area contributed by atoms with Gasteiger partial charge in [0.1, 0.15) is 4.75 Å². The second-order valence-electron chi connectivity index (χ2n) is 4.59. The molecule has 1 N–H and O–H groups in total. The molecule has 5 heteroatoms. The van der Waals surface area contributed by atoms with Crippen molar-refractivity contribution in [3.8, 4) is 11.3 Å². The maximum absolute atomic E-state index is 11.0. The van der Waals surface area contributed by atoms with Gasteiger partial charge in [-0.2, -0.15) is 0 Å². The second kappa shape index (κ2) is 5.48. The fourth-order valence-electron chi connectivity index (χ4n) is 1.42. The van der Waals surface area contributed by atoms with Crippen molar-refractivity contribution < 1.29 is 14.3 Å². The summed E-state index contributed by atoms with van der Waals surface area (Å²) in [7, 11) is 0. The highest BCUT2D eigenvalue weighted by Crippen LogP contribution is 2.29. The number of oxazole rings is 1. The average Bonchev–Trinajstić information content (AvgIpc) is 2.86. The molecule has 1 heterocycles. The maximum Gasteiger partial charge on any atom is 0.319 e. The van der Waals surface area contributed by atoms with Crippen LogP contribution in [-0.2, 0) is 10.5 Å². The molecule has 100 valence electrons. The van der Waals surface area contributed by atoms with Crippen LogP contribution in [0.3, 0.4) is 0 Å². The van der Waals surface area contributed by atoms with E-state index in [0.29, 0.717) is 17.4 Å². The van der Waals surface area contributed by atoms with Crippen molar-refractivity contribution in [2.24, 2.45) is 0 Å². The molecule has 0 aliphatic heterocycles. The summed E-state index contributed by atoms with van der Waals surface area (Å²) in [5.74, 6) is 0.835. The molecule has 1 aromatic heterocycles. The van der Waals surface area contributed by atoms with Crippen molar-refractivity contribution in [3.63, 3.8) is 0 Å². The normalized spacial score (nSPS) is 11.5. The van der Waals surface area contributed by atoms with Crippen LogP contribution in [0, 0.1) is 0 Å². The number of carboxylic acid groups (broad SMARTS) is 1. The topological polar surface area (TPSA) is 63.3 Å². The monoisotopic (exact) mass is 277 g/mol. The van der Waals surface area contributed by atoms with E-state index >= 15 is 0 Å². The van der Waals surface area contributed by atoms with E-state index < -0.39 is 10.7 Å². The van der Waals surface area contributed by atoms with Crippen molar-refractivity contribution in [1.29, 1.82) is 0 Å². The lowest BCUT2D eigenvalue weighted by molar-refractivity contribution is -0.138. The second-order valence-corrected chi connectivity index (χ2v) is 6.19. The van der Waals surface area contributed by atoms with Gasteiger partial charge in [-0.25, -0.2) is 4.98 Å². The van der Waals surface area contributed by atoms with Gasteiger partial charge < -0.3 is 9.52 Å². The summed E-state index contributed by atoms with van der Waals surface area (Å²) < 4.78 is 4.77. The first-order valence-corrected chi connectivity index (χ1v) is 6.85. The Balaban J connectivity index is 2.05. The lowest BCUT2D eigenvalue weighted by Crippen LogP contribution is -2.27. The summed E-state index contributed by atoms with van der Waals surface area (Å²) in [6.07, 6.45) is 1.67. The van der Waals surface area contributed by atoms with Gasteiger partial charge in [-0.15, -0.1) is 11.8 Å². The first-order valence-electron chi connectivity index (χ1n) is 5.86. The predicted octanol–water partition coefficient (Wildman–Crippen LogP) is 3.44. The van der Waals surface area contributed by atoms with Crippen LogP contribution >= 0.6 is 11.8 Å². The molecule has 2 aromatic rings. The van der Waals surface area contributed by atoms with Gasteiger partial charge >= 0.3 is 5.97 Å². The lowest BCUT2D eigenvalue weighted by atomic mass is 10.2. The summed E-state index contributed by atoms with van der Waals surface area (Å²) in [5.41, 5.74) is 0.962. The SMILES string of the molecule is CC(C)(SCc1ncc(-c2ccccc2)o1)C(=O)O. The third-order valence-corrected chi connectivity index (χ3v) is 3.97. The van der Waals surface area contributed by atoms with Crippen LogP contribution in [0.5, 0.6) is 0 Å². The van der Waals surface area contributed by atoms with Gasteiger partial charge in [0.2, 0.25) is 5.89 Å². The molecule has 4 nitrogen and oxygen atoms in total. The Kier molecular flexibility index (Phi) is 3.95. The molecule has 0 aliphatic carbocycles. The lowest BCUT2D eigenvalue weighted by Gasteiger charge is -2.16. The largest absolute Gasteiger partial charge is 0.480 e. The molecule has 0 saturated carbocycles. The van der Waals surface area contributed by atoms with E-state index in [1.165, 1.54) is 11.8 Å². The van der Waals surface area contributed by atoms with Crippen LogP contribution in [0.1, 0.15) is 19.7 Å². The van der Waals surface area contributed by atoms with Crippen LogP contribution in [0.2, 0.25) is 0 Å². The Labute approximate surface area is 115 Å². The molecule has 1 aromatic carbocycles. The number of carboxylic acids is 1. The first-order chi connectivity index (χ1) is 8.99. The van der Waals surface area contributed by atoms with E-state index in [2.05, 4.69) is 4.98 Å². The number of nitrogens with zero attached hydrogens (tertiary/aromatic N) is 1. The number of aliphatic carboxylic acids is 1. The van der Waals surface area contributed by atoms with Crippen LogP contribution < -0.4 is 0 Å². The van der Waals surface area contributed by atoms with Crippen molar-refractivity contribution in [1.82, 2.24) is 4.98 Å². The van der Waals surface area contributed by atoms with Crippen molar-refractivity contribution >= 4 is 17.7 Å². The highest BCUT2D eigenvalue weighted by molar-refractivity contribution is 8.00. The molecular formula is C14H15NO3S. The van der Waals surface area contributed by atoms with Crippen LogP contribution in [0.15, 0.2) is 40.9 Å². The van der Waals surface area contributed by atoms with Gasteiger partial charge in [0, 0.05) is 5.56 Å². The molecular weight excluding hydrogens is 262 g/mol. The van der Waals surface area contributed by atoms with Gasteiger partial charge in [-0.1, -0.05) is 30.3 Å². The summed E-state index contributed by atoms with van der Waals surface area (Å²) in [6, 6.07) is 9.68. The van der Waals surface area contributed by atoms with Gasteiger partial charge in [0.15, 0.2) is 5.76 Å². The maximum atomic E-state index is 11.0. The van der Waals surface area contributed by atoms with Gasteiger partial charge in [0.05, 0.1) is 11.9 Å².